The van der Waals surface area contributed by atoms with Crippen LogP contribution in [0.4, 0.5) is 0 Å². The van der Waals surface area contributed by atoms with Crippen molar-refractivity contribution in [2.75, 3.05) is 13.1 Å². The molecule has 25 heavy (non-hydrogen) atoms. The summed E-state index contributed by atoms with van der Waals surface area (Å²) in [5.74, 6) is 0.436. The van der Waals surface area contributed by atoms with E-state index >= 15 is 0 Å². The van der Waals surface area contributed by atoms with Gasteiger partial charge in [0.25, 0.3) is 5.91 Å². The van der Waals surface area contributed by atoms with Gasteiger partial charge in [-0.05, 0) is 49.7 Å². The molecule has 5 nitrogen and oxygen atoms in total. The van der Waals surface area contributed by atoms with E-state index in [9.17, 15) is 9.59 Å². The van der Waals surface area contributed by atoms with Gasteiger partial charge in [-0.3, -0.25) is 9.59 Å². The van der Waals surface area contributed by atoms with Gasteiger partial charge in [0.1, 0.15) is 11.2 Å². The fourth-order valence-electron chi connectivity index (χ4n) is 3.70. The number of hydrogen-bond acceptors (Lipinski definition) is 3. The van der Waals surface area contributed by atoms with Gasteiger partial charge in [-0.25, -0.2) is 4.98 Å². The molecule has 1 fully saturated rings. The highest BCUT2D eigenvalue weighted by molar-refractivity contribution is 5.96. The van der Waals surface area contributed by atoms with E-state index in [2.05, 4.69) is 30.7 Å². The number of likely N-dealkylation sites (tertiary alicyclic amines) is 1. The summed E-state index contributed by atoms with van der Waals surface area (Å²) in [6.07, 6.45) is 4.62. The molecule has 1 atom stereocenters. The van der Waals surface area contributed by atoms with Gasteiger partial charge < -0.3 is 9.88 Å². The molecule has 3 rings (SSSR count). The first-order valence-corrected chi connectivity index (χ1v) is 9.05. The summed E-state index contributed by atoms with van der Waals surface area (Å²) in [6.45, 7) is 10.1. The van der Waals surface area contributed by atoms with Crippen LogP contribution in [-0.4, -0.2) is 33.9 Å². The number of fused-ring (bicyclic) bond motifs is 1. The molecule has 0 spiro atoms. The topological polar surface area (TPSA) is 66.1 Å². The zero-order valence-electron chi connectivity index (χ0n) is 15.6. The lowest BCUT2D eigenvalue weighted by molar-refractivity contribution is 0.0754. The first-order chi connectivity index (χ1) is 11.8. The highest BCUT2D eigenvalue weighted by atomic mass is 16.2. The van der Waals surface area contributed by atoms with Crippen molar-refractivity contribution < 1.29 is 4.79 Å². The average molecular weight is 341 g/mol. The van der Waals surface area contributed by atoms with Gasteiger partial charge in [0.2, 0.25) is 5.43 Å². The number of H-pyrrole nitrogens is 1. The largest absolute Gasteiger partial charge is 0.345 e. The summed E-state index contributed by atoms with van der Waals surface area (Å²) in [4.78, 5) is 34.8. The molecule has 0 bridgehead atoms. The highest BCUT2D eigenvalue weighted by Gasteiger charge is 2.29. The van der Waals surface area contributed by atoms with Crippen molar-refractivity contribution in [1.82, 2.24) is 14.9 Å². The second-order valence-corrected chi connectivity index (χ2v) is 8.17. The zero-order chi connectivity index (χ0) is 18.2. The molecule has 0 aliphatic carbocycles. The van der Waals surface area contributed by atoms with Crippen LogP contribution in [0.25, 0.3) is 11.0 Å². The van der Waals surface area contributed by atoms with E-state index < -0.39 is 0 Å². The predicted molar refractivity (Wildman–Crippen MR) is 99.8 cm³/mol. The van der Waals surface area contributed by atoms with Crippen LogP contribution in [-0.2, 0) is 0 Å². The monoisotopic (exact) mass is 341 g/mol. The molecule has 1 aliphatic rings. The zero-order valence-corrected chi connectivity index (χ0v) is 15.6. The summed E-state index contributed by atoms with van der Waals surface area (Å²) in [7, 11) is 0. The third kappa shape index (κ3) is 3.60. The molecule has 0 unspecified atom stereocenters. The second-order valence-electron chi connectivity index (χ2n) is 8.17. The number of aryl methyl sites for hydroxylation is 1. The summed E-state index contributed by atoms with van der Waals surface area (Å²) in [5.41, 5.74) is 1.60. The number of nitrogens with zero attached hydrogens (tertiary/aromatic N) is 2. The molecular weight excluding hydrogens is 314 g/mol. The van der Waals surface area contributed by atoms with Gasteiger partial charge >= 0.3 is 0 Å². The maximum Gasteiger partial charge on any atom is 0.259 e. The molecule has 3 heterocycles. The van der Waals surface area contributed by atoms with Crippen LogP contribution in [0.5, 0.6) is 0 Å². The number of amides is 1. The fourth-order valence-corrected chi connectivity index (χ4v) is 3.70. The van der Waals surface area contributed by atoms with Gasteiger partial charge in [0.15, 0.2) is 0 Å². The molecule has 1 aliphatic heterocycles. The van der Waals surface area contributed by atoms with Crippen molar-refractivity contribution in [3.63, 3.8) is 0 Å². The second kappa shape index (κ2) is 6.62. The minimum Gasteiger partial charge on any atom is -0.345 e. The molecule has 0 aromatic carbocycles. The average Bonchev–Trinajstić information content (AvgIpc) is 2.80. The van der Waals surface area contributed by atoms with Crippen LogP contribution < -0.4 is 5.43 Å². The van der Waals surface area contributed by atoms with Crippen molar-refractivity contribution >= 4 is 16.9 Å². The molecule has 2 aromatic rings. The molecule has 5 heteroatoms. The molecule has 0 radical (unpaired) electrons. The highest BCUT2D eigenvalue weighted by Crippen LogP contribution is 2.34. The van der Waals surface area contributed by atoms with Crippen LogP contribution >= 0.6 is 0 Å². The lowest BCUT2D eigenvalue weighted by Gasteiger charge is -2.29. The molecule has 2 aromatic heterocycles. The number of carbonyl (C=O) groups is 1. The van der Waals surface area contributed by atoms with Crippen molar-refractivity contribution in [1.29, 1.82) is 0 Å². The van der Waals surface area contributed by atoms with Gasteiger partial charge in [-0.15, -0.1) is 0 Å². The fraction of sp³-hybridized carbons (Fsp3) is 0.550. The number of aromatic nitrogens is 2. The molecule has 1 amide bonds. The van der Waals surface area contributed by atoms with Crippen LogP contribution in [0.1, 0.15) is 56.1 Å². The van der Waals surface area contributed by atoms with E-state index in [4.69, 9.17) is 0 Å². The Kier molecular flexibility index (Phi) is 4.67. The molecule has 1 saturated heterocycles. The normalized spacial score (nSPS) is 19.0. The smallest absolute Gasteiger partial charge is 0.259 e. The summed E-state index contributed by atoms with van der Waals surface area (Å²) < 4.78 is 0. The summed E-state index contributed by atoms with van der Waals surface area (Å²) in [5, 5.41) is 0.471. The minimum atomic E-state index is -0.233. The molecule has 134 valence electrons. The van der Waals surface area contributed by atoms with Crippen LogP contribution in [0.15, 0.2) is 23.1 Å². The first kappa shape index (κ1) is 17.6. The maximum atomic E-state index is 12.9. The van der Waals surface area contributed by atoms with Crippen LogP contribution in [0.2, 0.25) is 0 Å². The Morgan fingerprint density at radius 1 is 1.24 bits per heavy atom. The van der Waals surface area contributed by atoms with E-state index in [1.165, 1.54) is 6.20 Å². The third-order valence-corrected chi connectivity index (χ3v) is 5.35. The number of hydrogen-bond donors (Lipinski definition) is 1. The Labute approximate surface area is 148 Å². The van der Waals surface area contributed by atoms with E-state index in [1.54, 1.807) is 12.1 Å². The number of pyridine rings is 2. The van der Waals surface area contributed by atoms with Crippen molar-refractivity contribution in [3.05, 3.63) is 39.8 Å². The van der Waals surface area contributed by atoms with Gasteiger partial charge in [-0.2, -0.15) is 0 Å². The lowest BCUT2D eigenvalue weighted by Crippen LogP contribution is -2.35. The third-order valence-electron chi connectivity index (χ3n) is 5.35. The van der Waals surface area contributed by atoms with E-state index in [1.807, 2.05) is 11.8 Å². The van der Waals surface area contributed by atoms with Crippen molar-refractivity contribution in [2.24, 2.45) is 11.3 Å². The number of rotatable bonds is 1. The Bertz CT molecular complexity index is 848. The number of nitrogens with one attached hydrogen (secondary N) is 1. The summed E-state index contributed by atoms with van der Waals surface area (Å²) >= 11 is 0. The minimum absolute atomic E-state index is 0.168. The number of carbonyl (C=O) groups excluding carboxylic acids is 1. The van der Waals surface area contributed by atoms with Crippen LogP contribution in [0.3, 0.4) is 0 Å². The lowest BCUT2D eigenvalue weighted by atomic mass is 9.77. The van der Waals surface area contributed by atoms with Crippen molar-refractivity contribution in [3.8, 4) is 0 Å². The van der Waals surface area contributed by atoms with Gasteiger partial charge in [0, 0.05) is 25.0 Å². The van der Waals surface area contributed by atoms with E-state index in [-0.39, 0.29) is 22.3 Å². The molecule has 1 N–H and O–H groups in total. The molecular formula is C20H27N3O2. The van der Waals surface area contributed by atoms with Gasteiger partial charge in [-0.1, -0.05) is 20.8 Å². The van der Waals surface area contributed by atoms with Crippen molar-refractivity contribution in [2.45, 2.75) is 47.0 Å². The molecule has 0 saturated carbocycles. The number of aromatic amines is 1. The maximum absolute atomic E-state index is 12.9. The Morgan fingerprint density at radius 3 is 2.72 bits per heavy atom. The Morgan fingerprint density at radius 2 is 2.00 bits per heavy atom. The first-order valence-electron chi connectivity index (χ1n) is 9.05. The van der Waals surface area contributed by atoms with Gasteiger partial charge in [0.05, 0.1) is 5.39 Å². The standard InChI is InChI=1S/C20H27N3O2/c1-13-7-8-15-17(24)16(12-21-18(15)22-13)19(25)23-10-5-6-14(9-11-23)20(2,3)4/h7-8,12,14H,5-6,9-11H2,1-4H3,(H,21,22,24)/t14-/m0/s1. The Balaban J connectivity index is 1.86. The van der Waals surface area contributed by atoms with E-state index in [0.29, 0.717) is 23.5 Å². The summed E-state index contributed by atoms with van der Waals surface area (Å²) in [6, 6.07) is 3.54. The predicted octanol–water partition coefficient (Wildman–Crippen LogP) is 3.52. The van der Waals surface area contributed by atoms with E-state index in [0.717, 1.165) is 31.5 Å². The Hall–Kier alpha value is -2.17. The van der Waals surface area contributed by atoms with Crippen LogP contribution in [0, 0.1) is 18.3 Å². The SMILES string of the molecule is Cc1ccc2c(=O)c(C(=O)N3CCC[C@H](C(C)(C)C)CC3)c[nH]c2n1. The quantitative estimate of drug-likeness (QED) is 0.863.